The van der Waals surface area contributed by atoms with Gasteiger partial charge in [-0.15, -0.1) is 0 Å². The largest absolute Gasteiger partial charge is 0.481 e. The van der Waals surface area contributed by atoms with E-state index in [4.69, 9.17) is 5.11 Å². The topological polar surface area (TPSA) is 40.5 Å². The van der Waals surface area contributed by atoms with E-state index in [9.17, 15) is 4.79 Å². The zero-order chi connectivity index (χ0) is 12.4. The lowest BCUT2D eigenvalue weighted by molar-refractivity contribution is -0.148. The number of aliphatic carboxylic acids is 1. The van der Waals surface area contributed by atoms with Crippen molar-refractivity contribution in [2.24, 2.45) is 5.92 Å². The van der Waals surface area contributed by atoms with Gasteiger partial charge in [0.25, 0.3) is 0 Å². The summed E-state index contributed by atoms with van der Waals surface area (Å²) in [6, 6.07) is 8.90. The lowest BCUT2D eigenvalue weighted by atomic mass is 9.93. The van der Waals surface area contributed by atoms with E-state index in [0.717, 1.165) is 6.42 Å². The van der Waals surface area contributed by atoms with Crippen LogP contribution in [0.1, 0.15) is 30.5 Å². The minimum Gasteiger partial charge on any atom is -0.481 e. The molecule has 1 aliphatic rings. The van der Waals surface area contributed by atoms with Crippen molar-refractivity contribution in [2.45, 2.75) is 26.3 Å². The Bertz CT molecular complexity index is 393. The number of aryl methyl sites for hydroxylation is 1. The molecule has 0 aliphatic carbocycles. The maximum Gasteiger partial charge on any atom is 0.309 e. The molecule has 1 aromatic rings. The molecule has 2 rings (SSSR count). The Labute approximate surface area is 102 Å². The van der Waals surface area contributed by atoms with Crippen LogP contribution in [0.2, 0.25) is 0 Å². The number of carbonyl (C=O) groups is 1. The summed E-state index contributed by atoms with van der Waals surface area (Å²) in [5.41, 5.74) is 2.55. The van der Waals surface area contributed by atoms with Gasteiger partial charge >= 0.3 is 5.97 Å². The summed E-state index contributed by atoms with van der Waals surface area (Å²) < 4.78 is 0. The summed E-state index contributed by atoms with van der Waals surface area (Å²) in [4.78, 5) is 13.0. The van der Waals surface area contributed by atoms with E-state index in [1.807, 2.05) is 0 Å². The number of carboxylic acids is 1. The third-order valence-electron chi connectivity index (χ3n) is 3.55. The van der Waals surface area contributed by atoms with Crippen LogP contribution in [-0.4, -0.2) is 29.1 Å². The molecule has 1 saturated heterocycles. The van der Waals surface area contributed by atoms with Gasteiger partial charge in [0.15, 0.2) is 0 Å². The summed E-state index contributed by atoms with van der Waals surface area (Å²) in [5.74, 6) is -0.838. The minimum atomic E-state index is -0.667. The third kappa shape index (κ3) is 2.50. The van der Waals surface area contributed by atoms with Crippen LogP contribution in [0.15, 0.2) is 24.3 Å². The average Bonchev–Trinajstić information content (AvgIpc) is 2.23. The second-order valence-electron chi connectivity index (χ2n) is 4.82. The molecule has 0 saturated carbocycles. The quantitative estimate of drug-likeness (QED) is 0.868. The average molecular weight is 233 g/mol. The number of rotatable bonds is 4. The predicted octanol–water partition coefficient (Wildman–Crippen LogP) is 2.46. The van der Waals surface area contributed by atoms with Crippen LogP contribution < -0.4 is 0 Å². The SMILES string of the molecule is CCC(c1ccc(C)cc1)N1CC(C(=O)O)C1. The van der Waals surface area contributed by atoms with Gasteiger partial charge in [0.2, 0.25) is 0 Å². The van der Waals surface area contributed by atoms with Crippen LogP contribution in [0.25, 0.3) is 0 Å². The standard InChI is InChI=1S/C14H19NO2/c1-3-13(11-6-4-10(2)5-7-11)15-8-12(9-15)14(16)17/h4-7,12-13H,3,8-9H2,1-2H3,(H,16,17). The van der Waals surface area contributed by atoms with Crippen molar-refractivity contribution >= 4 is 5.97 Å². The minimum absolute atomic E-state index is 0.172. The van der Waals surface area contributed by atoms with Crippen LogP contribution in [0.4, 0.5) is 0 Å². The van der Waals surface area contributed by atoms with E-state index >= 15 is 0 Å². The molecule has 1 heterocycles. The molecule has 1 aromatic carbocycles. The fraction of sp³-hybridized carbons (Fsp3) is 0.500. The highest BCUT2D eigenvalue weighted by molar-refractivity contribution is 5.71. The molecule has 0 aromatic heterocycles. The summed E-state index contributed by atoms with van der Waals surface area (Å²) in [7, 11) is 0. The number of hydrogen-bond acceptors (Lipinski definition) is 2. The highest BCUT2D eigenvalue weighted by atomic mass is 16.4. The van der Waals surface area contributed by atoms with Crippen molar-refractivity contribution in [1.82, 2.24) is 4.90 Å². The fourth-order valence-electron chi connectivity index (χ4n) is 2.42. The second-order valence-corrected chi connectivity index (χ2v) is 4.82. The van der Waals surface area contributed by atoms with Crippen molar-refractivity contribution in [3.05, 3.63) is 35.4 Å². The number of hydrogen-bond donors (Lipinski definition) is 1. The summed E-state index contributed by atoms with van der Waals surface area (Å²) in [5, 5.41) is 8.89. The van der Waals surface area contributed by atoms with E-state index in [2.05, 4.69) is 43.0 Å². The molecular weight excluding hydrogens is 214 g/mol. The molecule has 3 nitrogen and oxygen atoms in total. The maximum atomic E-state index is 10.8. The zero-order valence-electron chi connectivity index (χ0n) is 10.4. The van der Waals surface area contributed by atoms with E-state index in [-0.39, 0.29) is 5.92 Å². The molecule has 17 heavy (non-hydrogen) atoms. The highest BCUT2D eigenvalue weighted by Crippen LogP contribution is 2.31. The van der Waals surface area contributed by atoms with Crippen LogP contribution >= 0.6 is 0 Å². The molecular formula is C14H19NO2. The lowest BCUT2D eigenvalue weighted by Crippen LogP contribution is -2.51. The summed E-state index contributed by atoms with van der Waals surface area (Å²) in [6.45, 7) is 5.59. The van der Waals surface area contributed by atoms with Crippen molar-refractivity contribution < 1.29 is 9.90 Å². The molecule has 1 unspecified atom stereocenters. The molecule has 1 atom stereocenters. The monoisotopic (exact) mass is 233 g/mol. The Balaban J connectivity index is 2.03. The molecule has 0 amide bonds. The highest BCUT2D eigenvalue weighted by Gasteiger charge is 2.36. The van der Waals surface area contributed by atoms with Gasteiger partial charge in [0, 0.05) is 19.1 Å². The van der Waals surface area contributed by atoms with Gasteiger partial charge in [0.1, 0.15) is 0 Å². The van der Waals surface area contributed by atoms with Crippen LogP contribution in [0.3, 0.4) is 0 Å². The Morgan fingerprint density at radius 1 is 1.41 bits per heavy atom. The van der Waals surface area contributed by atoms with Gasteiger partial charge in [0.05, 0.1) is 5.92 Å². The lowest BCUT2D eigenvalue weighted by Gasteiger charge is -2.42. The van der Waals surface area contributed by atoms with Crippen LogP contribution in [0.5, 0.6) is 0 Å². The Morgan fingerprint density at radius 2 is 2.00 bits per heavy atom. The van der Waals surface area contributed by atoms with E-state index < -0.39 is 5.97 Å². The number of carboxylic acid groups (broad SMARTS) is 1. The van der Waals surface area contributed by atoms with Gasteiger partial charge in [-0.3, -0.25) is 9.69 Å². The van der Waals surface area contributed by atoms with E-state index in [1.54, 1.807) is 0 Å². The third-order valence-corrected chi connectivity index (χ3v) is 3.55. The van der Waals surface area contributed by atoms with Crippen molar-refractivity contribution in [3.63, 3.8) is 0 Å². The van der Waals surface area contributed by atoms with Crippen molar-refractivity contribution in [3.8, 4) is 0 Å². The number of benzene rings is 1. The predicted molar refractivity (Wildman–Crippen MR) is 66.9 cm³/mol. The molecule has 0 bridgehead atoms. The molecule has 1 fully saturated rings. The van der Waals surface area contributed by atoms with Crippen LogP contribution in [0, 0.1) is 12.8 Å². The van der Waals surface area contributed by atoms with Gasteiger partial charge in [-0.2, -0.15) is 0 Å². The summed E-state index contributed by atoms with van der Waals surface area (Å²) in [6.07, 6.45) is 1.02. The smallest absolute Gasteiger partial charge is 0.309 e. The fourth-order valence-corrected chi connectivity index (χ4v) is 2.42. The number of nitrogens with zero attached hydrogens (tertiary/aromatic N) is 1. The summed E-state index contributed by atoms with van der Waals surface area (Å²) >= 11 is 0. The first-order valence-corrected chi connectivity index (χ1v) is 6.15. The zero-order valence-corrected chi connectivity index (χ0v) is 10.4. The maximum absolute atomic E-state index is 10.8. The molecule has 0 radical (unpaired) electrons. The Morgan fingerprint density at radius 3 is 2.47 bits per heavy atom. The van der Waals surface area contributed by atoms with Crippen molar-refractivity contribution in [1.29, 1.82) is 0 Å². The van der Waals surface area contributed by atoms with Gasteiger partial charge in [-0.1, -0.05) is 36.8 Å². The molecule has 1 N–H and O–H groups in total. The molecule has 92 valence electrons. The first-order chi connectivity index (χ1) is 8.11. The first kappa shape index (κ1) is 12.1. The Kier molecular flexibility index (Phi) is 3.48. The molecule has 1 aliphatic heterocycles. The van der Waals surface area contributed by atoms with Crippen molar-refractivity contribution in [2.75, 3.05) is 13.1 Å². The van der Waals surface area contributed by atoms with Gasteiger partial charge in [-0.25, -0.2) is 0 Å². The Hall–Kier alpha value is -1.35. The second kappa shape index (κ2) is 4.88. The normalized spacial score (nSPS) is 18.7. The van der Waals surface area contributed by atoms with Gasteiger partial charge < -0.3 is 5.11 Å². The number of likely N-dealkylation sites (tertiary alicyclic amines) is 1. The van der Waals surface area contributed by atoms with E-state index in [0.29, 0.717) is 19.1 Å². The first-order valence-electron chi connectivity index (χ1n) is 6.15. The van der Waals surface area contributed by atoms with Gasteiger partial charge in [-0.05, 0) is 18.9 Å². The molecule has 3 heteroatoms. The van der Waals surface area contributed by atoms with Crippen LogP contribution in [-0.2, 0) is 4.79 Å². The molecule has 0 spiro atoms. The van der Waals surface area contributed by atoms with E-state index in [1.165, 1.54) is 11.1 Å².